The van der Waals surface area contributed by atoms with Crippen molar-refractivity contribution in [1.82, 2.24) is 0 Å². The van der Waals surface area contributed by atoms with Crippen LogP contribution in [0, 0.1) is 0 Å². The van der Waals surface area contributed by atoms with Gasteiger partial charge in [-0.2, -0.15) is 8.42 Å². The van der Waals surface area contributed by atoms with E-state index < -0.39 is 10.1 Å². The van der Waals surface area contributed by atoms with Gasteiger partial charge in [-0.3, -0.25) is 4.55 Å². The molecule has 0 heterocycles. The Balaban J connectivity index is 3.29. The van der Waals surface area contributed by atoms with Crippen LogP contribution in [0.15, 0.2) is 12.3 Å². The average molecular weight is 180 g/mol. The first kappa shape index (κ1) is 10.4. The Morgan fingerprint density at radius 2 is 2.18 bits per heavy atom. The summed E-state index contributed by atoms with van der Waals surface area (Å²) >= 11 is 0. The van der Waals surface area contributed by atoms with Gasteiger partial charge in [-0.05, 0) is 13.3 Å². The first-order chi connectivity index (χ1) is 5.06. The molecule has 0 atom stereocenters. The van der Waals surface area contributed by atoms with E-state index in [0.717, 1.165) is 0 Å². The number of ether oxygens (including phenoxy) is 1. The van der Waals surface area contributed by atoms with Crippen LogP contribution < -0.4 is 0 Å². The lowest BCUT2D eigenvalue weighted by molar-refractivity contribution is 0.249. The van der Waals surface area contributed by atoms with Gasteiger partial charge in [-0.25, -0.2) is 0 Å². The number of rotatable bonds is 5. The maximum atomic E-state index is 10.1. The standard InChI is InChI=1S/C6H12O4S/c1-2-4-10-5-3-6-11(7,8)9/h2,4H,3,5-6H2,1H3,(H,7,8,9). The SMILES string of the molecule is CC=COCCCS(=O)(=O)O. The van der Waals surface area contributed by atoms with Crippen LogP contribution in [-0.4, -0.2) is 25.3 Å². The maximum absolute atomic E-state index is 10.1. The number of hydrogen-bond donors (Lipinski definition) is 1. The molecule has 0 saturated heterocycles. The van der Waals surface area contributed by atoms with Crippen molar-refractivity contribution in [1.29, 1.82) is 0 Å². The zero-order chi connectivity index (χ0) is 8.74. The van der Waals surface area contributed by atoms with E-state index in [1.165, 1.54) is 6.26 Å². The molecule has 0 aliphatic carbocycles. The van der Waals surface area contributed by atoms with Crippen molar-refractivity contribution in [3.05, 3.63) is 12.3 Å². The molecular formula is C6H12O4S. The Hall–Kier alpha value is -0.550. The summed E-state index contributed by atoms with van der Waals surface area (Å²) in [6.45, 7) is 2.10. The summed E-state index contributed by atoms with van der Waals surface area (Å²) in [7, 11) is -3.82. The first-order valence-electron chi connectivity index (χ1n) is 3.24. The fourth-order valence-electron chi connectivity index (χ4n) is 0.489. The van der Waals surface area contributed by atoms with Crippen LogP contribution in [0.3, 0.4) is 0 Å². The monoisotopic (exact) mass is 180 g/mol. The molecule has 0 spiro atoms. The van der Waals surface area contributed by atoms with E-state index in [-0.39, 0.29) is 5.75 Å². The molecule has 0 aromatic carbocycles. The third-order valence-corrected chi connectivity index (χ3v) is 1.70. The molecule has 0 saturated carbocycles. The minimum atomic E-state index is -3.82. The van der Waals surface area contributed by atoms with Crippen molar-refractivity contribution in [2.24, 2.45) is 0 Å². The van der Waals surface area contributed by atoms with Gasteiger partial charge in [-0.15, -0.1) is 0 Å². The summed E-state index contributed by atoms with van der Waals surface area (Å²) < 4.78 is 33.4. The Morgan fingerprint density at radius 3 is 2.64 bits per heavy atom. The van der Waals surface area contributed by atoms with E-state index in [2.05, 4.69) is 0 Å². The molecule has 0 aromatic rings. The topological polar surface area (TPSA) is 63.6 Å². The van der Waals surface area contributed by atoms with E-state index in [4.69, 9.17) is 9.29 Å². The molecule has 0 aliphatic heterocycles. The van der Waals surface area contributed by atoms with Gasteiger partial charge in [0.2, 0.25) is 0 Å². The van der Waals surface area contributed by atoms with Crippen molar-refractivity contribution in [2.45, 2.75) is 13.3 Å². The van der Waals surface area contributed by atoms with Crippen molar-refractivity contribution in [3.8, 4) is 0 Å². The normalized spacial score (nSPS) is 12.2. The van der Waals surface area contributed by atoms with Gasteiger partial charge in [0.25, 0.3) is 10.1 Å². The average Bonchev–Trinajstić information content (AvgIpc) is 1.85. The predicted molar refractivity (Wildman–Crippen MR) is 41.8 cm³/mol. The minimum Gasteiger partial charge on any atom is -0.502 e. The molecule has 4 nitrogen and oxygen atoms in total. The van der Waals surface area contributed by atoms with Crippen LogP contribution in [0.5, 0.6) is 0 Å². The van der Waals surface area contributed by atoms with Gasteiger partial charge in [0.15, 0.2) is 0 Å². The van der Waals surface area contributed by atoms with E-state index in [9.17, 15) is 8.42 Å². The van der Waals surface area contributed by atoms with Crippen LogP contribution in [0.25, 0.3) is 0 Å². The predicted octanol–water partition coefficient (Wildman–Crippen LogP) is 0.815. The smallest absolute Gasteiger partial charge is 0.264 e. The Labute approximate surface area is 66.6 Å². The zero-order valence-corrected chi connectivity index (χ0v) is 7.17. The maximum Gasteiger partial charge on any atom is 0.264 e. The van der Waals surface area contributed by atoms with Crippen molar-refractivity contribution < 1.29 is 17.7 Å². The van der Waals surface area contributed by atoms with Gasteiger partial charge in [0.05, 0.1) is 18.6 Å². The van der Waals surface area contributed by atoms with E-state index in [1.54, 1.807) is 13.0 Å². The largest absolute Gasteiger partial charge is 0.502 e. The molecule has 0 fully saturated rings. The molecule has 1 N–H and O–H groups in total. The first-order valence-corrected chi connectivity index (χ1v) is 4.85. The second-order valence-electron chi connectivity index (χ2n) is 1.98. The van der Waals surface area contributed by atoms with Crippen molar-refractivity contribution >= 4 is 10.1 Å². The third kappa shape index (κ3) is 9.45. The molecule has 0 aromatic heterocycles. The molecule has 11 heavy (non-hydrogen) atoms. The molecule has 0 amide bonds. The van der Waals surface area contributed by atoms with E-state index >= 15 is 0 Å². The van der Waals surface area contributed by atoms with Gasteiger partial charge >= 0.3 is 0 Å². The lowest BCUT2D eigenvalue weighted by Gasteiger charge is -1.97. The molecule has 0 aliphatic rings. The summed E-state index contributed by atoms with van der Waals surface area (Å²) in [5.41, 5.74) is 0. The minimum absolute atomic E-state index is 0.245. The van der Waals surface area contributed by atoms with E-state index in [1.807, 2.05) is 0 Å². The van der Waals surface area contributed by atoms with Crippen molar-refractivity contribution in [2.75, 3.05) is 12.4 Å². The lowest BCUT2D eigenvalue weighted by Crippen LogP contribution is -2.05. The highest BCUT2D eigenvalue weighted by atomic mass is 32.2. The quantitative estimate of drug-likeness (QED) is 0.386. The molecule has 0 radical (unpaired) electrons. The summed E-state index contributed by atoms with van der Waals surface area (Å²) in [4.78, 5) is 0. The summed E-state index contributed by atoms with van der Waals surface area (Å²) in [5.74, 6) is -0.245. The fourth-order valence-corrected chi connectivity index (χ4v) is 0.972. The highest BCUT2D eigenvalue weighted by Crippen LogP contribution is 1.89. The Bertz CT molecular complexity index is 205. The molecular weight excluding hydrogens is 168 g/mol. The Kier molecular flexibility index (Phi) is 4.89. The molecule has 5 heteroatoms. The lowest BCUT2D eigenvalue weighted by atomic mass is 10.5. The number of hydrogen-bond acceptors (Lipinski definition) is 3. The number of allylic oxidation sites excluding steroid dienone is 1. The van der Waals surface area contributed by atoms with Gasteiger partial charge in [0.1, 0.15) is 0 Å². The molecule has 0 rings (SSSR count). The molecule has 0 unspecified atom stereocenters. The van der Waals surface area contributed by atoms with Crippen LogP contribution in [0.2, 0.25) is 0 Å². The highest BCUT2D eigenvalue weighted by molar-refractivity contribution is 7.85. The van der Waals surface area contributed by atoms with Crippen molar-refractivity contribution in [3.63, 3.8) is 0 Å². The van der Waals surface area contributed by atoms with Crippen LogP contribution in [0.4, 0.5) is 0 Å². The molecule has 66 valence electrons. The van der Waals surface area contributed by atoms with Gasteiger partial charge in [-0.1, -0.05) is 6.08 Å². The van der Waals surface area contributed by atoms with Gasteiger partial charge in [0, 0.05) is 0 Å². The highest BCUT2D eigenvalue weighted by Gasteiger charge is 2.02. The van der Waals surface area contributed by atoms with Crippen LogP contribution in [0.1, 0.15) is 13.3 Å². The van der Waals surface area contributed by atoms with Crippen LogP contribution in [-0.2, 0) is 14.9 Å². The third-order valence-electron chi connectivity index (χ3n) is 0.897. The molecule has 0 bridgehead atoms. The van der Waals surface area contributed by atoms with E-state index in [0.29, 0.717) is 13.0 Å². The second-order valence-corrected chi connectivity index (χ2v) is 3.55. The van der Waals surface area contributed by atoms with Gasteiger partial charge < -0.3 is 4.74 Å². The summed E-state index contributed by atoms with van der Waals surface area (Å²) in [6, 6.07) is 0. The van der Waals surface area contributed by atoms with Crippen LogP contribution >= 0.6 is 0 Å². The Morgan fingerprint density at radius 1 is 1.55 bits per heavy atom. The summed E-state index contributed by atoms with van der Waals surface area (Å²) in [5, 5.41) is 0. The second kappa shape index (κ2) is 5.15. The zero-order valence-electron chi connectivity index (χ0n) is 6.36. The fraction of sp³-hybridized carbons (Fsp3) is 0.667. The summed E-state index contributed by atoms with van der Waals surface area (Å²) in [6.07, 6.45) is 3.49.